The van der Waals surface area contributed by atoms with Crippen LogP contribution in [0.2, 0.25) is 0 Å². The molecular formula is C16H20N2OS. The van der Waals surface area contributed by atoms with Crippen molar-refractivity contribution in [2.45, 2.75) is 38.6 Å². The molecule has 0 fully saturated rings. The Morgan fingerprint density at radius 2 is 2.05 bits per heavy atom. The first kappa shape index (κ1) is 13.4. The predicted molar refractivity (Wildman–Crippen MR) is 83.0 cm³/mol. The van der Waals surface area contributed by atoms with Gasteiger partial charge in [0.25, 0.3) is 0 Å². The molecule has 1 aliphatic heterocycles. The van der Waals surface area contributed by atoms with Crippen molar-refractivity contribution in [3.8, 4) is 5.75 Å². The molecule has 3 rings (SSSR count). The van der Waals surface area contributed by atoms with Gasteiger partial charge < -0.3 is 14.3 Å². The van der Waals surface area contributed by atoms with E-state index in [-0.39, 0.29) is 11.5 Å². The molecule has 2 aromatic rings. The maximum absolute atomic E-state index is 5.76. The molecular weight excluding hydrogens is 268 g/mol. The number of ether oxygens (including phenoxy) is 1. The minimum absolute atomic E-state index is 0.0564. The van der Waals surface area contributed by atoms with Crippen LogP contribution in [0, 0.1) is 4.77 Å². The molecule has 0 saturated heterocycles. The smallest absolute Gasteiger partial charge is 0.177 e. The number of para-hydroxylation sites is 1. The van der Waals surface area contributed by atoms with Gasteiger partial charge in [-0.25, -0.2) is 0 Å². The Balaban J connectivity index is 2.16. The van der Waals surface area contributed by atoms with Crippen molar-refractivity contribution >= 4 is 12.2 Å². The second kappa shape index (κ2) is 4.77. The van der Waals surface area contributed by atoms with E-state index in [2.05, 4.69) is 42.5 Å². The largest absolute Gasteiger partial charge is 0.493 e. The molecule has 0 spiro atoms. The van der Waals surface area contributed by atoms with Gasteiger partial charge in [-0.2, -0.15) is 0 Å². The van der Waals surface area contributed by atoms with Gasteiger partial charge in [0, 0.05) is 29.3 Å². The molecule has 1 atom stereocenters. The fraction of sp³-hybridized carbons (Fsp3) is 0.438. The van der Waals surface area contributed by atoms with Gasteiger partial charge in [0.05, 0.1) is 12.6 Å². The first-order chi connectivity index (χ1) is 9.48. The molecule has 0 saturated carbocycles. The highest BCUT2D eigenvalue weighted by atomic mass is 32.1. The van der Waals surface area contributed by atoms with Crippen LogP contribution in [0.5, 0.6) is 5.75 Å². The zero-order valence-electron chi connectivity index (χ0n) is 12.1. The van der Waals surface area contributed by atoms with Crippen LogP contribution >= 0.6 is 12.2 Å². The lowest BCUT2D eigenvalue weighted by Crippen LogP contribution is -2.25. The van der Waals surface area contributed by atoms with Crippen molar-refractivity contribution < 1.29 is 4.74 Å². The van der Waals surface area contributed by atoms with Gasteiger partial charge in [-0.1, -0.05) is 39.0 Å². The molecule has 0 radical (unpaired) electrons. The highest BCUT2D eigenvalue weighted by Gasteiger charge is 2.28. The molecule has 1 unspecified atom stereocenters. The lowest BCUT2D eigenvalue weighted by atomic mass is 9.91. The third-order valence-electron chi connectivity index (χ3n) is 3.82. The zero-order valence-corrected chi connectivity index (χ0v) is 13.0. The van der Waals surface area contributed by atoms with Gasteiger partial charge in [0.1, 0.15) is 5.75 Å². The van der Waals surface area contributed by atoms with Crippen LogP contribution in [0.4, 0.5) is 0 Å². The van der Waals surface area contributed by atoms with E-state index < -0.39 is 0 Å². The molecule has 0 amide bonds. The molecule has 1 aromatic carbocycles. The normalized spacial score (nSPS) is 18.4. The van der Waals surface area contributed by atoms with Gasteiger partial charge in [0.2, 0.25) is 0 Å². The Bertz CT molecular complexity index is 678. The fourth-order valence-electron chi connectivity index (χ4n) is 2.86. The summed E-state index contributed by atoms with van der Waals surface area (Å²) in [6.07, 6.45) is 2.99. The molecule has 106 valence electrons. The molecule has 1 N–H and O–H groups in total. The summed E-state index contributed by atoms with van der Waals surface area (Å²) in [4.78, 5) is 3.21. The average Bonchev–Trinajstić information content (AvgIpc) is 2.80. The SMILES string of the molecule is CC(C)(C)c1c[nH]c(=S)n1C1CCOc2ccccc21. The number of aromatic nitrogens is 2. The van der Waals surface area contributed by atoms with Gasteiger partial charge in [-0.15, -0.1) is 0 Å². The van der Waals surface area contributed by atoms with Crippen LogP contribution < -0.4 is 4.74 Å². The fourth-order valence-corrected chi connectivity index (χ4v) is 3.14. The van der Waals surface area contributed by atoms with Gasteiger partial charge in [-0.05, 0) is 18.3 Å². The Labute approximate surface area is 124 Å². The Hall–Kier alpha value is -1.55. The average molecular weight is 288 g/mol. The minimum atomic E-state index is 0.0564. The van der Waals surface area contributed by atoms with Crippen LogP contribution in [0.25, 0.3) is 0 Å². The van der Waals surface area contributed by atoms with Gasteiger partial charge >= 0.3 is 0 Å². The van der Waals surface area contributed by atoms with Crippen molar-refractivity contribution in [1.29, 1.82) is 0 Å². The lowest BCUT2D eigenvalue weighted by molar-refractivity contribution is 0.252. The Morgan fingerprint density at radius 3 is 2.80 bits per heavy atom. The summed E-state index contributed by atoms with van der Waals surface area (Å²) in [5.41, 5.74) is 2.52. The molecule has 2 heterocycles. The standard InChI is InChI=1S/C16H20N2OS/c1-16(2,3)14-10-17-15(20)18(14)12-8-9-19-13-7-5-4-6-11(12)13/h4-7,10,12H,8-9H2,1-3H3,(H,17,20). The number of nitrogens with one attached hydrogen (secondary N) is 1. The molecule has 20 heavy (non-hydrogen) atoms. The number of hydrogen-bond donors (Lipinski definition) is 1. The van der Waals surface area contributed by atoms with Crippen LogP contribution in [-0.4, -0.2) is 16.2 Å². The van der Waals surface area contributed by atoms with Crippen LogP contribution in [-0.2, 0) is 5.41 Å². The molecule has 1 aromatic heterocycles. The highest BCUT2D eigenvalue weighted by Crippen LogP contribution is 2.37. The third-order valence-corrected chi connectivity index (χ3v) is 4.13. The zero-order chi connectivity index (χ0) is 14.3. The van der Waals surface area contributed by atoms with Crippen molar-refractivity contribution in [2.24, 2.45) is 0 Å². The molecule has 0 bridgehead atoms. The van der Waals surface area contributed by atoms with E-state index in [9.17, 15) is 0 Å². The Kier molecular flexibility index (Phi) is 3.21. The number of rotatable bonds is 1. The predicted octanol–water partition coefficient (Wildman–Crippen LogP) is 4.22. The van der Waals surface area contributed by atoms with E-state index in [4.69, 9.17) is 17.0 Å². The number of fused-ring (bicyclic) bond motifs is 1. The van der Waals surface area contributed by atoms with Crippen molar-refractivity contribution in [3.05, 3.63) is 46.5 Å². The van der Waals surface area contributed by atoms with Gasteiger partial charge in [0.15, 0.2) is 4.77 Å². The lowest BCUT2D eigenvalue weighted by Gasteiger charge is -2.31. The second-order valence-corrected chi connectivity index (χ2v) is 6.68. The van der Waals surface area contributed by atoms with E-state index >= 15 is 0 Å². The maximum Gasteiger partial charge on any atom is 0.177 e. The van der Waals surface area contributed by atoms with Crippen molar-refractivity contribution in [2.75, 3.05) is 6.61 Å². The van der Waals surface area contributed by atoms with E-state index in [0.29, 0.717) is 0 Å². The number of nitrogens with zero attached hydrogens (tertiary/aromatic N) is 1. The maximum atomic E-state index is 5.76. The summed E-state index contributed by atoms with van der Waals surface area (Å²) in [5.74, 6) is 0.978. The van der Waals surface area contributed by atoms with Crippen molar-refractivity contribution in [3.63, 3.8) is 0 Å². The number of benzene rings is 1. The monoisotopic (exact) mass is 288 g/mol. The second-order valence-electron chi connectivity index (χ2n) is 6.29. The van der Waals surface area contributed by atoms with Crippen LogP contribution in [0.3, 0.4) is 0 Å². The summed E-state index contributed by atoms with van der Waals surface area (Å²) in [5, 5.41) is 0. The quantitative estimate of drug-likeness (QED) is 0.796. The number of hydrogen-bond acceptors (Lipinski definition) is 2. The van der Waals surface area contributed by atoms with Crippen LogP contribution in [0.15, 0.2) is 30.5 Å². The number of H-pyrrole nitrogens is 1. The van der Waals surface area contributed by atoms with E-state index in [1.54, 1.807) is 0 Å². The first-order valence-corrected chi connectivity index (χ1v) is 7.41. The molecule has 3 nitrogen and oxygen atoms in total. The summed E-state index contributed by atoms with van der Waals surface area (Å²) >= 11 is 5.52. The summed E-state index contributed by atoms with van der Waals surface area (Å²) in [6, 6.07) is 8.51. The van der Waals surface area contributed by atoms with Crippen molar-refractivity contribution in [1.82, 2.24) is 9.55 Å². The Morgan fingerprint density at radius 1 is 1.30 bits per heavy atom. The third kappa shape index (κ3) is 2.18. The summed E-state index contributed by atoms with van der Waals surface area (Å²) in [7, 11) is 0. The topological polar surface area (TPSA) is 29.9 Å². The minimum Gasteiger partial charge on any atom is -0.493 e. The summed E-state index contributed by atoms with van der Waals surface area (Å²) in [6.45, 7) is 7.38. The molecule has 4 heteroatoms. The van der Waals surface area contributed by atoms with E-state index in [1.165, 1.54) is 11.3 Å². The number of imidazole rings is 1. The van der Waals surface area contributed by atoms with Gasteiger partial charge in [-0.3, -0.25) is 0 Å². The van der Waals surface area contributed by atoms with E-state index in [0.717, 1.165) is 23.5 Å². The summed E-state index contributed by atoms with van der Waals surface area (Å²) < 4.78 is 8.81. The highest BCUT2D eigenvalue weighted by molar-refractivity contribution is 7.71. The molecule has 0 aliphatic carbocycles. The molecule has 1 aliphatic rings. The first-order valence-electron chi connectivity index (χ1n) is 7.00. The van der Waals surface area contributed by atoms with Crippen LogP contribution in [0.1, 0.15) is 44.5 Å². The number of aromatic amines is 1. The van der Waals surface area contributed by atoms with E-state index in [1.807, 2.05) is 18.3 Å².